The Balaban J connectivity index is 1.71. The van der Waals surface area contributed by atoms with Gasteiger partial charge in [0, 0.05) is 5.54 Å². The van der Waals surface area contributed by atoms with Crippen molar-refractivity contribution in [2.24, 2.45) is 5.73 Å². The Bertz CT molecular complexity index is 473. The van der Waals surface area contributed by atoms with Crippen LogP contribution in [0.3, 0.4) is 0 Å². The maximum Gasteiger partial charge on any atom is 0.231 e. The molecule has 18 heavy (non-hydrogen) atoms. The van der Waals surface area contributed by atoms with Crippen LogP contribution in [0.25, 0.3) is 0 Å². The zero-order chi connectivity index (χ0) is 12.2. The van der Waals surface area contributed by atoms with Gasteiger partial charge in [-0.1, -0.05) is 6.07 Å². The van der Waals surface area contributed by atoms with Crippen LogP contribution in [0, 0.1) is 0 Å². The van der Waals surface area contributed by atoms with Crippen molar-refractivity contribution in [3.05, 3.63) is 23.8 Å². The monoisotopic (exact) mass is 245 g/mol. The topological polar surface area (TPSA) is 44.5 Å². The van der Waals surface area contributed by atoms with Crippen LogP contribution in [-0.2, 0) is 5.41 Å². The summed E-state index contributed by atoms with van der Waals surface area (Å²) >= 11 is 0. The molecule has 0 radical (unpaired) electrons. The van der Waals surface area contributed by atoms with Crippen molar-refractivity contribution in [3.8, 4) is 11.5 Å². The highest BCUT2D eigenvalue weighted by molar-refractivity contribution is 5.47. The van der Waals surface area contributed by atoms with Crippen LogP contribution in [0.1, 0.15) is 44.1 Å². The normalized spacial score (nSPS) is 36.9. The molecule has 4 aliphatic rings. The lowest BCUT2D eigenvalue weighted by atomic mass is 9.55. The Morgan fingerprint density at radius 1 is 0.889 bits per heavy atom. The summed E-state index contributed by atoms with van der Waals surface area (Å²) in [5.41, 5.74) is 8.29. The van der Waals surface area contributed by atoms with E-state index in [9.17, 15) is 0 Å². The standard InChI is InChI=1S/C15H19NO2/c16-15-6-3-14(4-7-15,5-8-15)11-1-2-12-13(9-11)18-10-17-12/h1-2,9H,3-8,10,16H2. The van der Waals surface area contributed by atoms with Gasteiger partial charge in [0.25, 0.3) is 0 Å². The van der Waals surface area contributed by atoms with Gasteiger partial charge >= 0.3 is 0 Å². The number of benzene rings is 1. The van der Waals surface area contributed by atoms with Gasteiger partial charge in [0.05, 0.1) is 0 Å². The number of hydrogen-bond acceptors (Lipinski definition) is 3. The van der Waals surface area contributed by atoms with E-state index in [-0.39, 0.29) is 5.54 Å². The van der Waals surface area contributed by atoms with Crippen molar-refractivity contribution in [1.29, 1.82) is 0 Å². The third-order valence-electron chi connectivity index (χ3n) is 5.29. The van der Waals surface area contributed by atoms with E-state index in [1.807, 2.05) is 0 Å². The summed E-state index contributed by atoms with van der Waals surface area (Å²) in [4.78, 5) is 0. The summed E-state index contributed by atoms with van der Waals surface area (Å²) in [6, 6.07) is 6.48. The summed E-state index contributed by atoms with van der Waals surface area (Å²) in [6.45, 7) is 0.359. The molecule has 3 fully saturated rings. The van der Waals surface area contributed by atoms with Gasteiger partial charge in [-0.3, -0.25) is 0 Å². The van der Waals surface area contributed by atoms with Crippen molar-refractivity contribution in [2.75, 3.05) is 6.79 Å². The summed E-state index contributed by atoms with van der Waals surface area (Å²) in [6.07, 6.45) is 7.18. The predicted octanol–water partition coefficient (Wildman–Crippen LogP) is 2.72. The molecule has 0 amide bonds. The van der Waals surface area contributed by atoms with Crippen molar-refractivity contribution in [2.45, 2.75) is 49.5 Å². The molecule has 2 N–H and O–H groups in total. The molecule has 0 saturated heterocycles. The molecule has 0 unspecified atom stereocenters. The first-order valence-electron chi connectivity index (χ1n) is 6.88. The molecular formula is C15H19NO2. The molecule has 96 valence electrons. The van der Waals surface area contributed by atoms with Gasteiger partial charge in [-0.15, -0.1) is 0 Å². The Hall–Kier alpha value is -1.22. The maximum absolute atomic E-state index is 6.38. The number of rotatable bonds is 1. The van der Waals surface area contributed by atoms with Gasteiger partial charge in [-0.05, 0) is 61.6 Å². The van der Waals surface area contributed by atoms with Crippen molar-refractivity contribution >= 4 is 0 Å². The fraction of sp³-hybridized carbons (Fsp3) is 0.600. The Kier molecular flexibility index (Phi) is 2.03. The highest BCUT2D eigenvalue weighted by atomic mass is 16.7. The maximum atomic E-state index is 6.38. The molecule has 0 aromatic heterocycles. The van der Waals surface area contributed by atoms with E-state index in [1.54, 1.807) is 0 Å². The SMILES string of the molecule is NC12CCC(c3ccc4c(c3)OCO4)(CC1)CC2. The van der Waals surface area contributed by atoms with Crippen LogP contribution in [0.5, 0.6) is 11.5 Å². The first-order chi connectivity index (χ1) is 8.69. The number of fused-ring (bicyclic) bond motifs is 4. The fourth-order valence-electron chi connectivity index (χ4n) is 3.87. The van der Waals surface area contributed by atoms with Crippen molar-refractivity contribution < 1.29 is 9.47 Å². The lowest BCUT2D eigenvalue weighted by molar-refractivity contribution is 0.107. The molecule has 2 bridgehead atoms. The second-order valence-corrected chi connectivity index (χ2v) is 6.21. The number of nitrogens with two attached hydrogens (primary N) is 1. The van der Waals surface area contributed by atoms with E-state index >= 15 is 0 Å². The molecule has 1 aromatic rings. The Morgan fingerprint density at radius 2 is 1.56 bits per heavy atom. The lowest BCUT2D eigenvalue weighted by Gasteiger charge is -2.52. The predicted molar refractivity (Wildman–Crippen MR) is 68.9 cm³/mol. The second kappa shape index (κ2) is 3.41. The highest BCUT2D eigenvalue weighted by Crippen LogP contribution is 2.53. The van der Waals surface area contributed by atoms with Gasteiger partial charge in [-0.25, -0.2) is 0 Å². The molecule has 1 heterocycles. The van der Waals surface area contributed by atoms with E-state index in [1.165, 1.54) is 44.1 Å². The summed E-state index contributed by atoms with van der Waals surface area (Å²) in [5.74, 6) is 1.80. The number of hydrogen-bond donors (Lipinski definition) is 1. The second-order valence-electron chi connectivity index (χ2n) is 6.21. The van der Waals surface area contributed by atoms with Crippen molar-refractivity contribution in [3.63, 3.8) is 0 Å². The van der Waals surface area contributed by atoms with E-state index in [0.29, 0.717) is 12.2 Å². The zero-order valence-electron chi connectivity index (χ0n) is 10.6. The van der Waals surface area contributed by atoms with Crippen LogP contribution >= 0.6 is 0 Å². The average molecular weight is 245 g/mol. The molecule has 0 atom stereocenters. The third-order valence-corrected chi connectivity index (χ3v) is 5.29. The Labute approximate surface area is 107 Å². The smallest absolute Gasteiger partial charge is 0.231 e. The van der Waals surface area contributed by atoms with Gasteiger partial charge in [-0.2, -0.15) is 0 Å². The van der Waals surface area contributed by atoms with Gasteiger partial charge in [0.2, 0.25) is 6.79 Å². The number of ether oxygens (including phenoxy) is 2. The molecule has 3 aliphatic carbocycles. The minimum atomic E-state index is 0.137. The molecule has 5 rings (SSSR count). The Morgan fingerprint density at radius 3 is 2.28 bits per heavy atom. The fourth-order valence-corrected chi connectivity index (χ4v) is 3.87. The van der Waals surface area contributed by atoms with Gasteiger partial charge in [0.15, 0.2) is 11.5 Å². The lowest BCUT2D eigenvalue weighted by Crippen LogP contribution is -2.53. The quantitative estimate of drug-likeness (QED) is 0.827. The van der Waals surface area contributed by atoms with Gasteiger partial charge < -0.3 is 15.2 Å². The molecular weight excluding hydrogens is 226 g/mol. The molecule has 1 aliphatic heterocycles. The van der Waals surface area contributed by atoms with E-state index in [0.717, 1.165) is 11.5 Å². The van der Waals surface area contributed by atoms with Crippen LogP contribution in [0.4, 0.5) is 0 Å². The van der Waals surface area contributed by atoms with E-state index in [4.69, 9.17) is 15.2 Å². The first-order valence-corrected chi connectivity index (χ1v) is 6.88. The largest absolute Gasteiger partial charge is 0.454 e. The molecule has 0 spiro atoms. The van der Waals surface area contributed by atoms with Gasteiger partial charge in [0.1, 0.15) is 0 Å². The average Bonchev–Trinajstić information content (AvgIpc) is 2.87. The highest BCUT2D eigenvalue weighted by Gasteiger charge is 2.47. The first kappa shape index (κ1) is 10.7. The summed E-state index contributed by atoms with van der Waals surface area (Å²) in [7, 11) is 0. The van der Waals surface area contributed by atoms with E-state index < -0.39 is 0 Å². The van der Waals surface area contributed by atoms with Crippen LogP contribution in [0.2, 0.25) is 0 Å². The van der Waals surface area contributed by atoms with Crippen LogP contribution < -0.4 is 15.2 Å². The summed E-state index contributed by atoms with van der Waals surface area (Å²) < 4.78 is 10.9. The van der Waals surface area contributed by atoms with Crippen LogP contribution in [-0.4, -0.2) is 12.3 Å². The third kappa shape index (κ3) is 1.40. The molecule has 3 heteroatoms. The summed E-state index contributed by atoms with van der Waals surface area (Å²) in [5, 5.41) is 0. The van der Waals surface area contributed by atoms with Crippen LogP contribution in [0.15, 0.2) is 18.2 Å². The van der Waals surface area contributed by atoms with E-state index in [2.05, 4.69) is 18.2 Å². The van der Waals surface area contributed by atoms with Crippen molar-refractivity contribution in [1.82, 2.24) is 0 Å². The molecule has 3 saturated carbocycles. The minimum Gasteiger partial charge on any atom is -0.454 e. The minimum absolute atomic E-state index is 0.137. The molecule has 3 nitrogen and oxygen atoms in total. The zero-order valence-corrected chi connectivity index (χ0v) is 10.6. The molecule has 1 aromatic carbocycles.